The van der Waals surface area contributed by atoms with Crippen LogP contribution in [0.4, 0.5) is 0 Å². The van der Waals surface area contributed by atoms with Crippen molar-refractivity contribution in [1.82, 2.24) is 10.2 Å². The Balaban J connectivity index is 1.77. The van der Waals surface area contributed by atoms with Gasteiger partial charge in [-0.05, 0) is 37.6 Å². The smallest absolute Gasteiger partial charge is 0.0628 e. The summed E-state index contributed by atoms with van der Waals surface area (Å²) in [5.74, 6) is 0. The van der Waals surface area contributed by atoms with Crippen LogP contribution >= 0.6 is 0 Å². The molecule has 1 atom stereocenters. The van der Waals surface area contributed by atoms with Gasteiger partial charge in [0.05, 0.1) is 12.7 Å². The lowest BCUT2D eigenvalue weighted by molar-refractivity contribution is 0.114. The summed E-state index contributed by atoms with van der Waals surface area (Å²) >= 11 is 0. The van der Waals surface area contributed by atoms with E-state index in [1.165, 1.54) is 38.6 Å². The SMILES string of the molecule is COCCNCC1CCCCN1CC1(CC#N)CC1. The first-order valence-electron chi connectivity index (χ1n) is 7.60. The summed E-state index contributed by atoms with van der Waals surface area (Å²) in [6, 6.07) is 3.03. The van der Waals surface area contributed by atoms with Crippen molar-refractivity contribution < 1.29 is 4.74 Å². The van der Waals surface area contributed by atoms with Crippen LogP contribution in [0.2, 0.25) is 0 Å². The largest absolute Gasteiger partial charge is 0.383 e. The topological polar surface area (TPSA) is 48.3 Å². The third-order valence-electron chi connectivity index (χ3n) is 4.56. The lowest BCUT2D eigenvalue weighted by atomic mass is 9.96. The van der Waals surface area contributed by atoms with E-state index >= 15 is 0 Å². The fraction of sp³-hybridized carbons (Fsp3) is 0.933. The molecule has 1 saturated carbocycles. The maximum Gasteiger partial charge on any atom is 0.0628 e. The van der Waals surface area contributed by atoms with Crippen molar-refractivity contribution in [1.29, 1.82) is 5.26 Å². The van der Waals surface area contributed by atoms with E-state index in [0.29, 0.717) is 11.5 Å². The van der Waals surface area contributed by atoms with Crippen molar-refractivity contribution in [3.05, 3.63) is 0 Å². The predicted molar refractivity (Wildman–Crippen MR) is 75.9 cm³/mol. The number of nitriles is 1. The first kappa shape index (κ1) is 14.8. The van der Waals surface area contributed by atoms with Gasteiger partial charge in [-0.25, -0.2) is 0 Å². The summed E-state index contributed by atoms with van der Waals surface area (Å²) in [4.78, 5) is 2.63. The highest BCUT2D eigenvalue weighted by Crippen LogP contribution is 2.49. The molecule has 0 spiro atoms. The van der Waals surface area contributed by atoms with Crippen molar-refractivity contribution >= 4 is 0 Å². The molecule has 4 nitrogen and oxygen atoms in total. The Morgan fingerprint density at radius 3 is 2.95 bits per heavy atom. The number of likely N-dealkylation sites (tertiary alicyclic amines) is 1. The van der Waals surface area contributed by atoms with Gasteiger partial charge in [0.2, 0.25) is 0 Å². The molecule has 0 radical (unpaired) electrons. The van der Waals surface area contributed by atoms with Gasteiger partial charge in [-0.15, -0.1) is 0 Å². The normalized spacial score (nSPS) is 26.0. The average Bonchev–Trinajstić information content (AvgIpc) is 3.17. The van der Waals surface area contributed by atoms with Crippen molar-refractivity contribution in [2.45, 2.75) is 44.6 Å². The molecule has 0 amide bonds. The molecule has 1 aliphatic carbocycles. The monoisotopic (exact) mass is 265 g/mol. The maximum absolute atomic E-state index is 8.94. The van der Waals surface area contributed by atoms with Crippen LogP contribution in [0.3, 0.4) is 0 Å². The van der Waals surface area contributed by atoms with E-state index < -0.39 is 0 Å². The number of rotatable bonds is 8. The quantitative estimate of drug-likeness (QED) is 0.680. The zero-order valence-corrected chi connectivity index (χ0v) is 12.2. The Bertz CT molecular complexity index is 309. The van der Waals surface area contributed by atoms with Gasteiger partial charge >= 0.3 is 0 Å². The molecule has 1 saturated heterocycles. The summed E-state index contributed by atoms with van der Waals surface area (Å²) in [7, 11) is 1.74. The zero-order chi connectivity index (χ0) is 13.6. The van der Waals surface area contributed by atoms with Crippen LogP contribution in [0, 0.1) is 16.7 Å². The zero-order valence-electron chi connectivity index (χ0n) is 12.2. The fourth-order valence-electron chi connectivity index (χ4n) is 3.11. The third-order valence-corrected chi connectivity index (χ3v) is 4.56. The summed E-state index contributed by atoms with van der Waals surface area (Å²) in [5, 5.41) is 12.4. The van der Waals surface area contributed by atoms with E-state index in [9.17, 15) is 0 Å². The summed E-state index contributed by atoms with van der Waals surface area (Å²) in [6.07, 6.45) is 7.20. The lowest BCUT2D eigenvalue weighted by Crippen LogP contribution is -2.48. The Kier molecular flexibility index (Phi) is 5.62. The number of ether oxygens (including phenoxy) is 1. The lowest BCUT2D eigenvalue weighted by Gasteiger charge is -2.38. The summed E-state index contributed by atoms with van der Waals surface area (Å²) < 4.78 is 5.07. The Morgan fingerprint density at radius 2 is 2.26 bits per heavy atom. The van der Waals surface area contributed by atoms with Crippen LogP contribution in [0.25, 0.3) is 0 Å². The molecule has 0 bridgehead atoms. The highest BCUT2D eigenvalue weighted by Gasteiger charge is 2.44. The molecular formula is C15H27N3O. The van der Waals surface area contributed by atoms with Crippen LogP contribution in [0.5, 0.6) is 0 Å². The number of hydrogen-bond acceptors (Lipinski definition) is 4. The molecule has 0 aromatic heterocycles. The molecule has 1 N–H and O–H groups in total. The molecule has 4 heteroatoms. The number of nitrogens with zero attached hydrogens (tertiary/aromatic N) is 2. The minimum absolute atomic E-state index is 0.344. The molecule has 1 unspecified atom stereocenters. The van der Waals surface area contributed by atoms with Gasteiger partial charge in [-0.1, -0.05) is 6.42 Å². The molecule has 2 fully saturated rings. The standard InChI is InChI=1S/C15H27N3O/c1-19-11-9-17-12-14-4-2-3-10-18(14)13-15(5-6-15)7-8-16/h14,17H,2-7,9-13H2,1H3. The molecule has 2 rings (SSSR count). The maximum atomic E-state index is 8.94. The molecule has 1 aliphatic heterocycles. The van der Waals surface area contributed by atoms with E-state index in [-0.39, 0.29) is 0 Å². The molecule has 0 aromatic carbocycles. The van der Waals surface area contributed by atoms with Crippen molar-refractivity contribution in [2.75, 3.05) is 39.9 Å². The van der Waals surface area contributed by atoms with E-state index in [0.717, 1.165) is 32.7 Å². The molecular weight excluding hydrogens is 238 g/mol. The first-order chi connectivity index (χ1) is 9.29. The Hall–Kier alpha value is -0.630. The number of piperidine rings is 1. The van der Waals surface area contributed by atoms with Gasteiger partial charge < -0.3 is 10.1 Å². The molecule has 1 heterocycles. The highest BCUT2D eigenvalue weighted by molar-refractivity contribution is 5.02. The van der Waals surface area contributed by atoms with Crippen LogP contribution in [-0.4, -0.2) is 50.8 Å². The van der Waals surface area contributed by atoms with E-state index in [1.54, 1.807) is 7.11 Å². The fourth-order valence-corrected chi connectivity index (χ4v) is 3.11. The van der Waals surface area contributed by atoms with E-state index in [1.807, 2.05) is 0 Å². The van der Waals surface area contributed by atoms with E-state index in [2.05, 4.69) is 16.3 Å². The van der Waals surface area contributed by atoms with Crippen molar-refractivity contribution in [2.24, 2.45) is 5.41 Å². The van der Waals surface area contributed by atoms with Crippen molar-refractivity contribution in [3.8, 4) is 6.07 Å². The molecule has 19 heavy (non-hydrogen) atoms. The van der Waals surface area contributed by atoms with E-state index in [4.69, 9.17) is 10.00 Å². The molecule has 108 valence electrons. The second kappa shape index (κ2) is 7.23. The molecule has 2 aliphatic rings. The highest BCUT2D eigenvalue weighted by atomic mass is 16.5. The van der Waals surface area contributed by atoms with Gasteiger partial charge in [-0.3, -0.25) is 4.90 Å². The number of methoxy groups -OCH3 is 1. The minimum Gasteiger partial charge on any atom is -0.383 e. The third kappa shape index (κ3) is 4.45. The van der Waals surface area contributed by atoms with Gasteiger partial charge in [0.1, 0.15) is 0 Å². The second-order valence-electron chi connectivity index (χ2n) is 6.15. The first-order valence-corrected chi connectivity index (χ1v) is 7.60. The van der Waals surface area contributed by atoms with Crippen LogP contribution < -0.4 is 5.32 Å². The van der Waals surface area contributed by atoms with Crippen LogP contribution in [0.1, 0.15) is 38.5 Å². The minimum atomic E-state index is 0.344. The average molecular weight is 265 g/mol. The number of hydrogen-bond donors (Lipinski definition) is 1. The number of nitrogens with one attached hydrogen (secondary N) is 1. The van der Waals surface area contributed by atoms with Gasteiger partial charge in [0.15, 0.2) is 0 Å². The van der Waals surface area contributed by atoms with Gasteiger partial charge in [0.25, 0.3) is 0 Å². The van der Waals surface area contributed by atoms with Crippen LogP contribution in [0.15, 0.2) is 0 Å². The van der Waals surface area contributed by atoms with Gasteiger partial charge in [-0.2, -0.15) is 5.26 Å². The Morgan fingerprint density at radius 1 is 1.42 bits per heavy atom. The van der Waals surface area contributed by atoms with Crippen molar-refractivity contribution in [3.63, 3.8) is 0 Å². The van der Waals surface area contributed by atoms with Gasteiger partial charge in [0, 0.05) is 39.2 Å². The van der Waals surface area contributed by atoms with Crippen LogP contribution in [-0.2, 0) is 4.74 Å². The predicted octanol–water partition coefficient (Wildman–Crippen LogP) is 1.77. The summed E-state index contributed by atoms with van der Waals surface area (Å²) in [6.45, 7) is 5.13. The Labute approximate surface area is 117 Å². The molecule has 0 aromatic rings. The summed E-state index contributed by atoms with van der Waals surface area (Å²) in [5.41, 5.74) is 0.344. The second-order valence-corrected chi connectivity index (χ2v) is 6.15.